The molecule has 0 saturated heterocycles. The van der Waals surface area contributed by atoms with Crippen molar-refractivity contribution in [2.24, 2.45) is 0 Å². The van der Waals surface area contributed by atoms with Gasteiger partial charge in [-0.25, -0.2) is 4.90 Å². The molecule has 26 heavy (non-hydrogen) atoms. The molecule has 0 bridgehead atoms. The number of nitrogens with zero attached hydrogens (tertiary/aromatic N) is 2. The van der Waals surface area contributed by atoms with Gasteiger partial charge in [-0.2, -0.15) is 0 Å². The number of hydrogen-bond acceptors (Lipinski definition) is 4. The van der Waals surface area contributed by atoms with Crippen LogP contribution in [-0.2, 0) is 0 Å². The quantitative estimate of drug-likeness (QED) is 0.800. The molecule has 0 aliphatic carbocycles. The van der Waals surface area contributed by atoms with Crippen molar-refractivity contribution in [3.8, 4) is 0 Å². The number of carbonyl (C=O) groups excluding carboxylic acids is 4. The number of carbonyl (C=O) groups is 4. The molecular weight excluding hydrogens is 332 g/mol. The summed E-state index contributed by atoms with van der Waals surface area (Å²) in [7, 11) is 0. The highest BCUT2D eigenvalue weighted by molar-refractivity contribution is 6.22. The van der Waals surface area contributed by atoms with Gasteiger partial charge in [0.15, 0.2) is 0 Å². The molecule has 6 nitrogen and oxygen atoms in total. The SMILES string of the molecule is CC(/C=C/N1C(=O)c2ccccc2C1=O)N1C(=O)c2ccccc2C1=O. The lowest BCUT2D eigenvalue weighted by molar-refractivity contribution is 0.0625. The second-order valence-electron chi connectivity index (χ2n) is 6.13. The van der Waals surface area contributed by atoms with Gasteiger partial charge in [0, 0.05) is 6.20 Å². The number of imide groups is 2. The van der Waals surface area contributed by atoms with Crippen molar-refractivity contribution < 1.29 is 19.2 Å². The van der Waals surface area contributed by atoms with Gasteiger partial charge in [0.2, 0.25) is 0 Å². The van der Waals surface area contributed by atoms with Crippen molar-refractivity contribution in [1.82, 2.24) is 9.80 Å². The lowest BCUT2D eigenvalue weighted by atomic mass is 10.1. The fraction of sp³-hybridized carbons (Fsp3) is 0.100. The van der Waals surface area contributed by atoms with Gasteiger partial charge < -0.3 is 0 Å². The van der Waals surface area contributed by atoms with Crippen molar-refractivity contribution in [3.63, 3.8) is 0 Å². The zero-order chi connectivity index (χ0) is 18.4. The van der Waals surface area contributed by atoms with Crippen LogP contribution in [0.3, 0.4) is 0 Å². The Kier molecular flexibility index (Phi) is 3.54. The number of benzene rings is 2. The molecule has 0 aromatic heterocycles. The fourth-order valence-corrected chi connectivity index (χ4v) is 3.22. The molecule has 128 valence electrons. The highest BCUT2D eigenvalue weighted by Crippen LogP contribution is 2.26. The Morgan fingerprint density at radius 1 is 0.692 bits per heavy atom. The first-order valence-electron chi connectivity index (χ1n) is 8.13. The third-order valence-electron chi connectivity index (χ3n) is 4.57. The zero-order valence-corrected chi connectivity index (χ0v) is 13.9. The Morgan fingerprint density at radius 2 is 1.08 bits per heavy atom. The maximum absolute atomic E-state index is 12.5. The molecule has 2 aliphatic heterocycles. The van der Waals surface area contributed by atoms with Crippen LogP contribution < -0.4 is 0 Å². The van der Waals surface area contributed by atoms with E-state index in [0.29, 0.717) is 22.3 Å². The van der Waals surface area contributed by atoms with E-state index in [0.717, 1.165) is 9.80 Å². The van der Waals surface area contributed by atoms with Gasteiger partial charge in [0.25, 0.3) is 23.6 Å². The lowest BCUT2D eigenvalue weighted by Gasteiger charge is -2.20. The first-order valence-corrected chi connectivity index (χ1v) is 8.13. The van der Waals surface area contributed by atoms with Crippen molar-refractivity contribution in [1.29, 1.82) is 0 Å². The van der Waals surface area contributed by atoms with Crippen molar-refractivity contribution in [3.05, 3.63) is 83.1 Å². The molecule has 0 N–H and O–H groups in total. The van der Waals surface area contributed by atoms with Gasteiger partial charge in [0.05, 0.1) is 28.3 Å². The molecule has 0 fully saturated rings. The van der Waals surface area contributed by atoms with Crippen LogP contribution in [0.25, 0.3) is 0 Å². The van der Waals surface area contributed by atoms with Crippen LogP contribution in [0.1, 0.15) is 48.4 Å². The summed E-state index contributed by atoms with van der Waals surface area (Å²) in [6.07, 6.45) is 2.84. The predicted octanol–water partition coefficient (Wildman–Crippen LogP) is 2.48. The lowest BCUT2D eigenvalue weighted by Crippen LogP contribution is -2.37. The van der Waals surface area contributed by atoms with Crippen LogP contribution in [0.5, 0.6) is 0 Å². The molecule has 0 spiro atoms. The highest BCUT2D eigenvalue weighted by Gasteiger charge is 2.38. The molecule has 4 amide bonds. The van der Waals surface area contributed by atoms with Crippen molar-refractivity contribution in [2.75, 3.05) is 0 Å². The average Bonchev–Trinajstić information content (AvgIpc) is 3.06. The minimum absolute atomic E-state index is 0.343. The van der Waals surface area contributed by atoms with Crippen LogP contribution in [0.15, 0.2) is 60.8 Å². The molecule has 1 unspecified atom stereocenters. The van der Waals surface area contributed by atoms with Crippen LogP contribution in [0.2, 0.25) is 0 Å². The van der Waals surface area contributed by atoms with E-state index in [4.69, 9.17) is 0 Å². The largest absolute Gasteiger partial charge is 0.269 e. The Morgan fingerprint density at radius 3 is 1.50 bits per heavy atom. The standard InChI is InChI=1S/C20H14N2O4/c1-12(22-19(25)15-8-4-5-9-16(15)20(22)26)10-11-21-17(23)13-6-2-3-7-14(13)18(21)24/h2-12H,1H3/b11-10+. The minimum Gasteiger partial charge on any atom is -0.269 e. The van der Waals surface area contributed by atoms with E-state index in [9.17, 15) is 19.2 Å². The molecule has 2 aromatic rings. The van der Waals surface area contributed by atoms with Gasteiger partial charge >= 0.3 is 0 Å². The van der Waals surface area contributed by atoms with Gasteiger partial charge in [-0.3, -0.25) is 24.1 Å². The molecule has 2 aliphatic rings. The molecule has 4 rings (SSSR count). The van der Waals surface area contributed by atoms with Gasteiger partial charge in [0.1, 0.15) is 0 Å². The van der Waals surface area contributed by atoms with Crippen molar-refractivity contribution in [2.45, 2.75) is 13.0 Å². The van der Waals surface area contributed by atoms with Gasteiger partial charge in [-0.15, -0.1) is 0 Å². The van der Waals surface area contributed by atoms with Crippen LogP contribution in [0, 0.1) is 0 Å². The summed E-state index contributed by atoms with van der Waals surface area (Å²) in [5, 5.41) is 0. The topological polar surface area (TPSA) is 74.8 Å². The fourth-order valence-electron chi connectivity index (χ4n) is 3.22. The second-order valence-corrected chi connectivity index (χ2v) is 6.13. The smallest absolute Gasteiger partial charge is 0.265 e. The molecule has 0 radical (unpaired) electrons. The third kappa shape index (κ3) is 2.19. The van der Waals surface area contributed by atoms with E-state index in [2.05, 4.69) is 0 Å². The van der Waals surface area contributed by atoms with Gasteiger partial charge in [-0.05, 0) is 37.3 Å². The summed E-state index contributed by atoms with van der Waals surface area (Å²) < 4.78 is 0. The van der Waals surface area contributed by atoms with Gasteiger partial charge in [-0.1, -0.05) is 24.3 Å². The summed E-state index contributed by atoms with van der Waals surface area (Å²) in [5.41, 5.74) is 1.41. The molecular formula is C20H14N2O4. The molecule has 1 atom stereocenters. The van der Waals surface area contributed by atoms with Crippen LogP contribution >= 0.6 is 0 Å². The number of hydrogen-bond donors (Lipinski definition) is 0. The Hall–Kier alpha value is -3.54. The maximum Gasteiger partial charge on any atom is 0.265 e. The summed E-state index contributed by atoms with van der Waals surface area (Å²) >= 11 is 0. The third-order valence-corrected chi connectivity index (χ3v) is 4.57. The predicted molar refractivity (Wildman–Crippen MR) is 92.5 cm³/mol. The summed E-state index contributed by atoms with van der Waals surface area (Å²) in [6.45, 7) is 1.66. The summed E-state index contributed by atoms with van der Waals surface area (Å²) in [4.78, 5) is 51.8. The molecule has 2 heterocycles. The highest BCUT2D eigenvalue weighted by atomic mass is 16.2. The summed E-state index contributed by atoms with van der Waals surface area (Å²) in [5.74, 6) is -1.61. The van der Waals surface area contributed by atoms with Crippen LogP contribution in [-0.4, -0.2) is 39.5 Å². The first-order chi connectivity index (χ1) is 12.5. The van der Waals surface area contributed by atoms with Crippen LogP contribution in [0.4, 0.5) is 0 Å². The second kappa shape index (κ2) is 5.77. The van der Waals surface area contributed by atoms with E-state index in [1.165, 1.54) is 12.3 Å². The number of rotatable bonds is 3. The average molecular weight is 346 g/mol. The Balaban J connectivity index is 1.58. The summed E-state index contributed by atoms with van der Waals surface area (Å²) in [6, 6.07) is 12.6. The molecule has 6 heteroatoms. The molecule has 0 saturated carbocycles. The van der Waals surface area contributed by atoms with E-state index in [1.54, 1.807) is 55.5 Å². The van der Waals surface area contributed by atoms with Crippen molar-refractivity contribution >= 4 is 23.6 Å². The van der Waals surface area contributed by atoms with E-state index in [-0.39, 0.29) is 11.8 Å². The Labute approximate surface area is 149 Å². The minimum atomic E-state index is -0.605. The zero-order valence-electron chi connectivity index (χ0n) is 13.9. The van der Waals surface area contributed by atoms with E-state index >= 15 is 0 Å². The number of amides is 4. The van der Waals surface area contributed by atoms with E-state index in [1.807, 2.05) is 0 Å². The number of fused-ring (bicyclic) bond motifs is 2. The Bertz CT molecular complexity index is 938. The normalized spacial score (nSPS) is 17.3. The first kappa shape index (κ1) is 16.0. The monoisotopic (exact) mass is 346 g/mol. The maximum atomic E-state index is 12.5. The molecule has 2 aromatic carbocycles. The van der Waals surface area contributed by atoms with E-state index < -0.39 is 17.9 Å².